The summed E-state index contributed by atoms with van der Waals surface area (Å²) in [5.74, 6) is -0.120. The number of piperazine rings is 1. The predicted octanol–water partition coefficient (Wildman–Crippen LogP) is 5.89. The first-order valence-electron chi connectivity index (χ1n) is 13.9. The van der Waals surface area contributed by atoms with Crippen molar-refractivity contribution in [3.05, 3.63) is 83.8 Å². The van der Waals surface area contributed by atoms with Crippen LogP contribution in [-0.4, -0.2) is 75.0 Å². The second kappa shape index (κ2) is 11.1. The van der Waals surface area contributed by atoms with Gasteiger partial charge in [0.05, 0.1) is 0 Å². The van der Waals surface area contributed by atoms with Gasteiger partial charge < -0.3 is 20.1 Å². The molecule has 0 bridgehead atoms. The summed E-state index contributed by atoms with van der Waals surface area (Å²) in [6.45, 7) is 7.97. The van der Waals surface area contributed by atoms with E-state index in [4.69, 9.17) is 0 Å². The van der Waals surface area contributed by atoms with Crippen LogP contribution in [0.1, 0.15) is 37.1 Å². The number of aliphatic hydroxyl groups is 1. The summed E-state index contributed by atoms with van der Waals surface area (Å²) < 4.78 is 43.6. The van der Waals surface area contributed by atoms with E-state index in [1.54, 1.807) is 50.5 Å². The zero-order valence-corrected chi connectivity index (χ0v) is 23.7. The lowest BCUT2D eigenvalue weighted by molar-refractivity contribution is -0.266. The highest BCUT2D eigenvalue weighted by molar-refractivity contribution is 5.81. The summed E-state index contributed by atoms with van der Waals surface area (Å²) in [6, 6.07) is 16.1. The van der Waals surface area contributed by atoms with E-state index in [0.717, 1.165) is 60.3 Å². The number of benzene rings is 2. The molecule has 4 aromatic rings. The average Bonchev–Trinajstić information content (AvgIpc) is 3.31. The molecule has 2 aromatic carbocycles. The second-order valence-corrected chi connectivity index (χ2v) is 12.0. The minimum atomic E-state index is -4.90. The maximum absolute atomic E-state index is 14.5. The van der Waals surface area contributed by atoms with Crippen molar-refractivity contribution in [3.8, 4) is 16.9 Å². The van der Waals surface area contributed by atoms with Crippen molar-refractivity contribution in [1.82, 2.24) is 19.8 Å². The molecule has 1 fully saturated rings. The second-order valence-electron chi connectivity index (χ2n) is 12.0. The molecule has 1 saturated heterocycles. The summed E-state index contributed by atoms with van der Waals surface area (Å²) in [5.41, 5.74) is -0.285. The van der Waals surface area contributed by atoms with E-state index < -0.39 is 30.0 Å². The number of nitrogens with zero attached hydrogens (tertiary/aromatic N) is 3. The fourth-order valence-electron chi connectivity index (χ4n) is 5.90. The molecule has 3 heterocycles. The summed E-state index contributed by atoms with van der Waals surface area (Å²) in [5, 5.41) is 22.7. The Hall–Kier alpha value is -3.40. The number of aromatic nitrogens is 2. The van der Waals surface area contributed by atoms with Crippen molar-refractivity contribution in [2.75, 3.05) is 33.2 Å². The van der Waals surface area contributed by atoms with E-state index in [1.807, 2.05) is 24.3 Å². The number of alkyl halides is 3. The number of fused-ring (bicyclic) bond motifs is 1. The van der Waals surface area contributed by atoms with E-state index in [2.05, 4.69) is 26.8 Å². The van der Waals surface area contributed by atoms with Crippen LogP contribution in [0.2, 0.25) is 0 Å². The molecule has 5 rings (SSSR count). The Labute approximate surface area is 238 Å². The summed E-state index contributed by atoms with van der Waals surface area (Å²) in [4.78, 5) is 11.9. The molecule has 0 saturated carbocycles. The molecule has 0 spiro atoms. The Morgan fingerprint density at radius 2 is 1.71 bits per heavy atom. The van der Waals surface area contributed by atoms with Crippen molar-refractivity contribution < 1.29 is 23.4 Å². The average molecular weight is 567 g/mol. The number of hydrogen-bond donors (Lipinski definition) is 3. The Morgan fingerprint density at radius 3 is 2.39 bits per heavy atom. The smallest absolute Gasteiger partial charge is 0.417 e. The van der Waals surface area contributed by atoms with Crippen LogP contribution in [0.3, 0.4) is 0 Å². The van der Waals surface area contributed by atoms with Gasteiger partial charge in [-0.25, -0.2) is 0 Å². The summed E-state index contributed by atoms with van der Waals surface area (Å²) in [7, 11) is 2.11. The lowest BCUT2D eigenvalue weighted by Crippen LogP contribution is -2.50. The highest BCUT2D eigenvalue weighted by Gasteiger charge is 2.56. The van der Waals surface area contributed by atoms with Crippen molar-refractivity contribution in [1.29, 1.82) is 0 Å². The van der Waals surface area contributed by atoms with Crippen molar-refractivity contribution in [2.24, 2.45) is 0 Å². The number of likely N-dealkylation sites (N-methyl/N-ethyl adjacent to an activating group) is 1. The van der Waals surface area contributed by atoms with Crippen LogP contribution < -0.4 is 0 Å². The maximum Gasteiger partial charge on any atom is 0.417 e. The van der Waals surface area contributed by atoms with Crippen LogP contribution in [0.5, 0.6) is 5.75 Å². The van der Waals surface area contributed by atoms with E-state index >= 15 is 0 Å². The third-order valence-corrected chi connectivity index (χ3v) is 8.21. The molecule has 1 aliphatic rings. The number of aromatic amines is 1. The summed E-state index contributed by atoms with van der Waals surface area (Å²) >= 11 is 0. The van der Waals surface area contributed by atoms with Gasteiger partial charge in [-0.2, -0.15) is 13.2 Å². The molecular weight excluding hydrogens is 529 g/mol. The van der Waals surface area contributed by atoms with Gasteiger partial charge in [-0.15, -0.1) is 0 Å². The number of hydrogen-bond acceptors (Lipinski definition) is 5. The summed E-state index contributed by atoms with van der Waals surface area (Å²) in [6.07, 6.45) is -2.88. The van der Waals surface area contributed by atoms with Crippen molar-refractivity contribution in [3.63, 3.8) is 0 Å². The molecule has 2 aromatic heterocycles. The van der Waals surface area contributed by atoms with Crippen molar-refractivity contribution in [2.45, 2.75) is 50.4 Å². The number of halogens is 3. The standard InChI is InChI=1S/C32H37F3N4O2/c1-30(2,27-17-23(7-9-29(27)40)24-5-4-10-36-19-24)21-31(41,32(33,34)35)18-26-16-25-15-22(6-8-28(25)37-26)20-39-13-11-38(3)12-14-39/h4-10,15-17,19,37,40-41H,11-14,18,20-21H2,1-3H3. The molecule has 0 radical (unpaired) electrons. The third-order valence-electron chi connectivity index (χ3n) is 8.21. The quantitative estimate of drug-likeness (QED) is 0.248. The Balaban J connectivity index is 1.39. The Bertz CT molecular complexity index is 1490. The molecule has 41 heavy (non-hydrogen) atoms. The SMILES string of the molecule is CN1CCN(Cc2ccc3[nH]c(CC(O)(CC(C)(C)c4cc(-c5cccnc5)ccc4O)C(F)(F)F)cc3c2)CC1. The van der Waals surface area contributed by atoms with Gasteiger partial charge in [-0.1, -0.05) is 32.0 Å². The number of pyridine rings is 1. The lowest BCUT2D eigenvalue weighted by Gasteiger charge is -2.38. The first-order chi connectivity index (χ1) is 19.3. The minimum Gasteiger partial charge on any atom is -0.508 e. The van der Waals surface area contributed by atoms with E-state index in [-0.39, 0.29) is 5.75 Å². The minimum absolute atomic E-state index is 0.120. The molecule has 1 atom stereocenters. The first-order valence-corrected chi connectivity index (χ1v) is 13.9. The zero-order valence-electron chi connectivity index (χ0n) is 23.7. The zero-order chi connectivity index (χ0) is 29.4. The molecule has 9 heteroatoms. The van der Waals surface area contributed by atoms with Gasteiger partial charge >= 0.3 is 6.18 Å². The van der Waals surface area contributed by atoms with Gasteiger partial charge in [0.25, 0.3) is 0 Å². The van der Waals surface area contributed by atoms with Gasteiger partial charge in [0.1, 0.15) is 5.75 Å². The van der Waals surface area contributed by atoms with Crippen LogP contribution in [0.4, 0.5) is 13.2 Å². The molecule has 0 aliphatic carbocycles. The fourth-order valence-corrected chi connectivity index (χ4v) is 5.90. The number of phenols is 1. The van der Waals surface area contributed by atoms with Crippen LogP contribution in [0, 0.1) is 0 Å². The van der Waals surface area contributed by atoms with E-state index in [1.165, 1.54) is 6.07 Å². The van der Waals surface area contributed by atoms with Gasteiger partial charge in [0.15, 0.2) is 5.60 Å². The van der Waals surface area contributed by atoms with Crippen molar-refractivity contribution >= 4 is 10.9 Å². The largest absolute Gasteiger partial charge is 0.508 e. The highest BCUT2D eigenvalue weighted by Crippen LogP contribution is 2.45. The van der Waals surface area contributed by atoms with Gasteiger partial charge in [0.2, 0.25) is 0 Å². The normalized spacial score (nSPS) is 17.1. The van der Waals surface area contributed by atoms with Gasteiger partial charge in [-0.3, -0.25) is 9.88 Å². The van der Waals surface area contributed by atoms with Crippen LogP contribution in [0.15, 0.2) is 67.0 Å². The molecule has 3 N–H and O–H groups in total. The highest BCUT2D eigenvalue weighted by atomic mass is 19.4. The fraction of sp³-hybridized carbons (Fsp3) is 0.406. The monoisotopic (exact) mass is 566 g/mol. The van der Waals surface area contributed by atoms with Crippen LogP contribution >= 0.6 is 0 Å². The molecular formula is C32H37F3N4O2. The van der Waals surface area contributed by atoms with Crippen LogP contribution in [-0.2, 0) is 18.4 Å². The lowest BCUT2D eigenvalue weighted by atomic mass is 9.72. The number of phenolic OH excluding ortho intramolecular Hbond substituents is 1. The molecule has 1 unspecified atom stereocenters. The first kappa shape index (κ1) is 29.1. The Morgan fingerprint density at radius 1 is 0.951 bits per heavy atom. The van der Waals surface area contributed by atoms with E-state index in [9.17, 15) is 23.4 Å². The number of nitrogens with one attached hydrogen (secondary N) is 1. The molecule has 1 aliphatic heterocycles. The maximum atomic E-state index is 14.5. The number of rotatable bonds is 8. The van der Waals surface area contributed by atoms with E-state index in [0.29, 0.717) is 11.3 Å². The molecule has 218 valence electrons. The topological polar surface area (TPSA) is 75.6 Å². The van der Waals surface area contributed by atoms with Gasteiger partial charge in [-0.05, 0) is 71.8 Å². The van der Waals surface area contributed by atoms with Crippen LogP contribution in [0.25, 0.3) is 22.0 Å². The molecule has 0 amide bonds. The molecule has 6 nitrogen and oxygen atoms in total. The Kier molecular flexibility index (Phi) is 7.89. The van der Waals surface area contributed by atoms with Gasteiger partial charge in [0, 0.05) is 73.9 Å². The predicted molar refractivity (Wildman–Crippen MR) is 155 cm³/mol. The number of H-pyrrole nitrogens is 1. The third kappa shape index (κ3) is 6.42. The number of aromatic hydroxyl groups is 1.